The van der Waals surface area contributed by atoms with Crippen LogP contribution in [0.25, 0.3) is 16.9 Å². The van der Waals surface area contributed by atoms with Gasteiger partial charge in [-0.3, -0.25) is 9.36 Å². The van der Waals surface area contributed by atoms with Gasteiger partial charge in [0.2, 0.25) is 11.8 Å². The van der Waals surface area contributed by atoms with Crippen LogP contribution < -0.4 is 15.0 Å². The van der Waals surface area contributed by atoms with E-state index in [9.17, 15) is 13.6 Å². The van der Waals surface area contributed by atoms with Crippen molar-refractivity contribution in [2.24, 2.45) is 5.92 Å². The van der Waals surface area contributed by atoms with E-state index in [1.54, 1.807) is 30.3 Å². The van der Waals surface area contributed by atoms with Gasteiger partial charge in [0.25, 0.3) is 6.43 Å². The van der Waals surface area contributed by atoms with E-state index in [1.165, 1.54) is 4.57 Å². The van der Waals surface area contributed by atoms with Gasteiger partial charge in [0.15, 0.2) is 5.82 Å². The highest BCUT2D eigenvalue weighted by atomic mass is 19.3. The molecule has 0 unspecified atom stereocenters. The fourth-order valence-electron chi connectivity index (χ4n) is 5.88. The van der Waals surface area contributed by atoms with Crippen molar-refractivity contribution in [2.75, 3.05) is 51.0 Å². The number of morpholine rings is 1. The van der Waals surface area contributed by atoms with Crippen molar-refractivity contribution in [2.45, 2.75) is 57.1 Å². The number of nitrogens with zero attached hydrogens (tertiary/aromatic N) is 5. The highest BCUT2D eigenvalue weighted by molar-refractivity contribution is 5.80. The average Bonchev–Trinajstić information content (AvgIpc) is 3.66. The Hall–Kier alpha value is -3.22. The van der Waals surface area contributed by atoms with E-state index in [-0.39, 0.29) is 23.8 Å². The molecule has 10 nitrogen and oxygen atoms in total. The van der Waals surface area contributed by atoms with Gasteiger partial charge in [-0.15, -0.1) is 0 Å². The lowest BCUT2D eigenvalue weighted by atomic mass is 9.84. The first-order valence-corrected chi connectivity index (χ1v) is 14.5. The standard InChI is InChI=1S/C29H36F2N6O4/c30-27(31)28-33-23-3-1-2-4-24(23)37(28)25-16-26(35-29(34-25)36-10-13-39-14-11-36)41-22-7-5-19(6-8-22)15-21(38)17-32-20-9-12-40-18-20/h1-4,16,19-20,22,27,32H,5-15,17-18H2/t19?,20-,22?/m1/s1. The van der Waals surface area contributed by atoms with E-state index in [0.29, 0.717) is 80.5 Å². The molecule has 1 aliphatic carbocycles. The Morgan fingerprint density at radius 3 is 2.59 bits per heavy atom. The molecule has 6 rings (SSSR count). The minimum atomic E-state index is -2.78. The minimum Gasteiger partial charge on any atom is -0.474 e. The number of carbonyl (C=O) groups is 1. The molecule has 1 N–H and O–H groups in total. The maximum atomic E-state index is 14.1. The van der Waals surface area contributed by atoms with E-state index < -0.39 is 6.43 Å². The Labute approximate surface area is 237 Å². The summed E-state index contributed by atoms with van der Waals surface area (Å²) in [7, 11) is 0. The lowest BCUT2D eigenvalue weighted by Crippen LogP contribution is -2.37. The topological polar surface area (TPSA) is 104 Å². The monoisotopic (exact) mass is 570 g/mol. The van der Waals surface area contributed by atoms with Crippen LogP contribution in [0.3, 0.4) is 0 Å². The molecule has 12 heteroatoms. The Balaban J connectivity index is 1.17. The number of anilines is 1. The molecule has 3 fully saturated rings. The summed E-state index contributed by atoms with van der Waals surface area (Å²) < 4.78 is 46.8. The molecule has 3 aliphatic rings. The predicted octanol–water partition coefficient (Wildman–Crippen LogP) is 3.87. The van der Waals surface area contributed by atoms with Crippen molar-refractivity contribution >= 4 is 22.8 Å². The smallest absolute Gasteiger partial charge is 0.296 e. The van der Waals surface area contributed by atoms with Crippen LogP contribution in [0, 0.1) is 5.92 Å². The summed E-state index contributed by atoms with van der Waals surface area (Å²) in [6.07, 6.45) is 2.02. The number of Topliss-reactive ketones (excluding diaryl/α,β-unsaturated/α-hetero) is 1. The van der Waals surface area contributed by atoms with Crippen molar-refractivity contribution in [1.29, 1.82) is 0 Å². The fraction of sp³-hybridized carbons (Fsp3) is 0.586. The van der Waals surface area contributed by atoms with Crippen LogP contribution in [-0.4, -0.2) is 83.5 Å². The van der Waals surface area contributed by atoms with Gasteiger partial charge in [0.1, 0.15) is 17.7 Å². The highest BCUT2D eigenvalue weighted by Crippen LogP contribution is 2.32. The lowest BCUT2D eigenvalue weighted by Gasteiger charge is -2.30. The first-order chi connectivity index (χ1) is 20.0. The molecule has 1 aromatic carbocycles. The molecule has 220 valence electrons. The number of nitrogens with one attached hydrogen (secondary N) is 1. The third kappa shape index (κ3) is 6.65. The number of ketones is 1. The maximum absolute atomic E-state index is 14.1. The van der Waals surface area contributed by atoms with Crippen molar-refractivity contribution in [3.05, 3.63) is 36.2 Å². The van der Waals surface area contributed by atoms with Gasteiger partial charge in [-0.05, 0) is 50.2 Å². The van der Waals surface area contributed by atoms with Crippen molar-refractivity contribution < 1.29 is 27.8 Å². The zero-order valence-corrected chi connectivity index (χ0v) is 23.0. The third-order valence-electron chi connectivity index (χ3n) is 8.10. The zero-order chi connectivity index (χ0) is 28.2. The van der Waals surface area contributed by atoms with Crippen LogP contribution in [0.4, 0.5) is 14.7 Å². The second kappa shape index (κ2) is 12.7. The third-order valence-corrected chi connectivity index (χ3v) is 8.10. The second-order valence-electron chi connectivity index (χ2n) is 11.0. The van der Waals surface area contributed by atoms with Gasteiger partial charge in [0.05, 0.1) is 37.4 Å². The summed E-state index contributed by atoms with van der Waals surface area (Å²) in [6.45, 7) is 4.08. The quantitative estimate of drug-likeness (QED) is 0.389. The zero-order valence-electron chi connectivity index (χ0n) is 23.0. The first kappa shape index (κ1) is 27.9. The van der Waals surface area contributed by atoms with E-state index in [1.807, 2.05) is 4.90 Å². The van der Waals surface area contributed by atoms with Gasteiger partial charge < -0.3 is 24.4 Å². The molecule has 41 heavy (non-hydrogen) atoms. The van der Waals surface area contributed by atoms with Gasteiger partial charge in [-0.1, -0.05) is 12.1 Å². The number of alkyl halides is 2. The number of ether oxygens (including phenoxy) is 3. The summed E-state index contributed by atoms with van der Waals surface area (Å²) >= 11 is 0. The fourth-order valence-corrected chi connectivity index (χ4v) is 5.88. The largest absolute Gasteiger partial charge is 0.474 e. The molecule has 0 radical (unpaired) electrons. The van der Waals surface area contributed by atoms with Gasteiger partial charge in [-0.25, -0.2) is 13.8 Å². The number of imidazole rings is 1. The summed E-state index contributed by atoms with van der Waals surface area (Å²) in [4.78, 5) is 28.1. The molecule has 2 aliphatic heterocycles. The molecule has 3 aromatic rings. The number of hydrogen-bond donors (Lipinski definition) is 1. The maximum Gasteiger partial charge on any atom is 0.296 e. The second-order valence-corrected chi connectivity index (χ2v) is 11.0. The van der Waals surface area contributed by atoms with Crippen molar-refractivity contribution in [3.8, 4) is 11.7 Å². The summed E-state index contributed by atoms with van der Waals surface area (Å²) in [5, 5.41) is 3.30. The summed E-state index contributed by atoms with van der Waals surface area (Å²) in [6, 6.07) is 8.93. The number of rotatable bonds is 10. The predicted molar refractivity (Wildman–Crippen MR) is 148 cm³/mol. The summed E-state index contributed by atoms with van der Waals surface area (Å²) in [5.74, 6) is 1.25. The Kier molecular flexibility index (Phi) is 8.68. The molecule has 2 aromatic heterocycles. The van der Waals surface area contributed by atoms with E-state index >= 15 is 0 Å². The molecule has 2 saturated heterocycles. The summed E-state index contributed by atoms with van der Waals surface area (Å²) in [5.41, 5.74) is 1.01. The Morgan fingerprint density at radius 1 is 1.02 bits per heavy atom. The number of para-hydroxylation sites is 2. The van der Waals surface area contributed by atoms with Crippen LogP contribution in [0.5, 0.6) is 5.88 Å². The normalized spacial score (nSPS) is 23.4. The molecule has 1 atom stereocenters. The van der Waals surface area contributed by atoms with E-state index in [2.05, 4.69) is 15.3 Å². The van der Waals surface area contributed by atoms with Crippen molar-refractivity contribution in [3.63, 3.8) is 0 Å². The number of carbonyl (C=O) groups excluding carboxylic acids is 1. The van der Waals surface area contributed by atoms with Gasteiger partial charge >= 0.3 is 0 Å². The number of hydrogen-bond acceptors (Lipinski definition) is 9. The number of halogens is 2. The van der Waals surface area contributed by atoms with Crippen LogP contribution in [0.2, 0.25) is 0 Å². The molecule has 4 heterocycles. The van der Waals surface area contributed by atoms with Crippen LogP contribution in [0.1, 0.15) is 50.8 Å². The molecular weight excluding hydrogens is 534 g/mol. The lowest BCUT2D eigenvalue weighted by molar-refractivity contribution is -0.119. The SMILES string of the molecule is O=C(CN[C@@H]1CCOC1)CC1CCC(Oc2cc(-n3c(C(F)F)nc4ccccc43)nc(N3CCOCC3)n2)CC1. The Bertz CT molecular complexity index is 1330. The number of fused-ring (bicyclic) bond motifs is 1. The molecule has 1 saturated carbocycles. The van der Waals surface area contributed by atoms with Crippen LogP contribution in [0.15, 0.2) is 30.3 Å². The number of aromatic nitrogens is 4. The van der Waals surface area contributed by atoms with Crippen molar-refractivity contribution in [1.82, 2.24) is 24.8 Å². The first-order valence-electron chi connectivity index (χ1n) is 14.5. The average molecular weight is 571 g/mol. The van der Waals surface area contributed by atoms with E-state index in [4.69, 9.17) is 19.2 Å². The minimum absolute atomic E-state index is 0.0792. The molecule has 0 spiro atoms. The van der Waals surface area contributed by atoms with Crippen LogP contribution >= 0.6 is 0 Å². The number of benzene rings is 1. The van der Waals surface area contributed by atoms with Crippen LogP contribution in [-0.2, 0) is 14.3 Å². The van der Waals surface area contributed by atoms with Gasteiger partial charge in [-0.2, -0.15) is 9.97 Å². The van der Waals surface area contributed by atoms with Gasteiger partial charge in [0, 0.05) is 38.2 Å². The molecule has 0 amide bonds. The highest BCUT2D eigenvalue weighted by Gasteiger charge is 2.27. The van der Waals surface area contributed by atoms with E-state index in [0.717, 1.165) is 38.7 Å². The molecular formula is C29H36F2N6O4. The molecule has 0 bridgehead atoms. The Morgan fingerprint density at radius 2 is 1.83 bits per heavy atom.